The summed E-state index contributed by atoms with van der Waals surface area (Å²) < 4.78 is 0.999. The SMILES string of the molecule is O=C(O)c1ccc2sc(-c3ccccc3)nc2c1. The molecule has 0 radical (unpaired) electrons. The fraction of sp³-hybridized carbons (Fsp3) is 0. The zero-order chi connectivity index (χ0) is 12.5. The number of fused-ring (bicyclic) bond motifs is 1. The van der Waals surface area contributed by atoms with E-state index in [0.29, 0.717) is 0 Å². The molecule has 0 amide bonds. The van der Waals surface area contributed by atoms with Crippen molar-refractivity contribution in [3.8, 4) is 10.6 Å². The van der Waals surface area contributed by atoms with Crippen LogP contribution in [0.5, 0.6) is 0 Å². The summed E-state index contributed by atoms with van der Waals surface area (Å²) in [4.78, 5) is 15.4. The van der Waals surface area contributed by atoms with Crippen molar-refractivity contribution in [3.63, 3.8) is 0 Å². The number of benzene rings is 2. The van der Waals surface area contributed by atoms with Gasteiger partial charge in [0.1, 0.15) is 5.01 Å². The molecule has 88 valence electrons. The van der Waals surface area contributed by atoms with Crippen LogP contribution in [0.4, 0.5) is 0 Å². The van der Waals surface area contributed by atoms with E-state index in [4.69, 9.17) is 5.11 Å². The van der Waals surface area contributed by atoms with E-state index in [2.05, 4.69) is 4.98 Å². The van der Waals surface area contributed by atoms with Crippen molar-refractivity contribution < 1.29 is 9.90 Å². The second-order valence-electron chi connectivity index (χ2n) is 3.87. The van der Waals surface area contributed by atoms with Gasteiger partial charge in [-0.15, -0.1) is 11.3 Å². The van der Waals surface area contributed by atoms with E-state index in [1.54, 1.807) is 23.5 Å². The van der Waals surface area contributed by atoms with Gasteiger partial charge in [-0.2, -0.15) is 0 Å². The van der Waals surface area contributed by atoms with Crippen LogP contribution in [-0.4, -0.2) is 16.1 Å². The number of hydrogen-bond acceptors (Lipinski definition) is 3. The molecule has 0 aliphatic heterocycles. The fourth-order valence-electron chi connectivity index (χ4n) is 1.76. The molecule has 2 aromatic carbocycles. The molecule has 18 heavy (non-hydrogen) atoms. The highest BCUT2D eigenvalue weighted by molar-refractivity contribution is 7.21. The van der Waals surface area contributed by atoms with Crippen molar-refractivity contribution >= 4 is 27.5 Å². The predicted molar refractivity (Wildman–Crippen MR) is 72.0 cm³/mol. The van der Waals surface area contributed by atoms with E-state index in [9.17, 15) is 4.79 Å². The second-order valence-corrected chi connectivity index (χ2v) is 4.90. The van der Waals surface area contributed by atoms with Crippen LogP contribution in [0, 0.1) is 0 Å². The zero-order valence-corrected chi connectivity index (χ0v) is 10.1. The van der Waals surface area contributed by atoms with E-state index in [1.807, 2.05) is 36.4 Å². The third-order valence-corrected chi connectivity index (χ3v) is 3.74. The van der Waals surface area contributed by atoms with Crippen LogP contribution in [0.15, 0.2) is 48.5 Å². The number of hydrogen-bond donors (Lipinski definition) is 1. The summed E-state index contributed by atoms with van der Waals surface area (Å²) in [7, 11) is 0. The Balaban J connectivity index is 2.14. The standard InChI is InChI=1S/C14H9NO2S/c16-14(17)10-6-7-12-11(8-10)15-13(18-12)9-4-2-1-3-5-9/h1-8H,(H,16,17). The third-order valence-electron chi connectivity index (χ3n) is 2.66. The normalized spacial score (nSPS) is 10.7. The summed E-state index contributed by atoms with van der Waals surface area (Å²) >= 11 is 1.57. The lowest BCUT2D eigenvalue weighted by Crippen LogP contribution is -1.94. The first-order chi connectivity index (χ1) is 8.74. The summed E-state index contributed by atoms with van der Waals surface area (Å²) in [6, 6.07) is 14.9. The van der Waals surface area contributed by atoms with Crippen molar-refractivity contribution in [1.82, 2.24) is 4.98 Å². The van der Waals surface area contributed by atoms with E-state index in [-0.39, 0.29) is 5.56 Å². The molecule has 0 atom stereocenters. The van der Waals surface area contributed by atoms with Crippen LogP contribution in [0.3, 0.4) is 0 Å². The van der Waals surface area contributed by atoms with E-state index in [1.165, 1.54) is 0 Å². The van der Waals surface area contributed by atoms with Gasteiger partial charge in [-0.25, -0.2) is 9.78 Å². The van der Waals surface area contributed by atoms with Crippen LogP contribution in [0.2, 0.25) is 0 Å². The molecule has 1 N–H and O–H groups in total. The van der Waals surface area contributed by atoms with Crippen LogP contribution < -0.4 is 0 Å². The topological polar surface area (TPSA) is 50.2 Å². The van der Waals surface area contributed by atoms with E-state index < -0.39 is 5.97 Å². The maximum atomic E-state index is 10.9. The van der Waals surface area contributed by atoms with Gasteiger partial charge in [-0.05, 0) is 18.2 Å². The summed E-state index contributed by atoms with van der Waals surface area (Å²) in [6.45, 7) is 0. The summed E-state index contributed by atoms with van der Waals surface area (Å²) in [6.07, 6.45) is 0. The molecule has 1 aromatic heterocycles. The van der Waals surface area contributed by atoms with Gasteiger partial charge in [0.2, 0.25) is 0 Å². The first kappa shape index (κ1) is 10.9. The van der Waals surface area contributed by atoms with Gasteiger partial charge in [0.15, 0.2) is 0 Å². The fourth-order valence-corrected chi connectivity index (χ4v) is 2.72. The maximum Gasteiger partial charge on any atom is 0.335 e. The van der Waals surface area contributed by atoms with Gasteiger partial charge in [0.05, 0.1) is 15.8 Å². The predicted octanol–water partition coefficient (Wildman–Crippen LogP) is 3.66. The number of carbonyl (C=O) groups is 1. The number of carboxylic acid groups (broad SMARTS) is 1. The molecule has 0 spiro atoms. The summed E-state index contributed by atoms with van der Waals surface area (Å²) in [5, 5.41) is 9.85. The molecular weight excluding hydrogens is 246 g/mol. The molecule has 3 rings (SSSR count). The van der Waals surface area contributed by atoms with Crippen molar-refractivity contribution in [3.05, 3.63) is 54.1 Å². The summed E-state index contributed by atoms with van der Waals surface area (Å²) in [5.74, 6) is -0.925. The molecule has 0 aliphatic rings. The zero-order valence-electron chi connectivity index (χ0n) is 9.33. The Hall–Kier alpha value is -2.20. The molecule has 0 saturated carbocycles. The largest absolute Gasteiger partial charge is 0.478 e. The lowest BCUT2D eigenvalue weighted by molar-refractivity contribution is 0.0697. The molecule has 0 bridgehead atoms. The van der Waals surface area contributed by atoms with Gasteiger partial charge in [0.25, 0.3) is 0 Å². The second kappa shape index (κ2) is 4.23. The Morgan fingerprint density at radius 1 is 1.11 bits per heavy atom. The minimum atomic E-state index is -0.925. The highest BCUT2D eigenvalue weighted by Crippen LogP contribution is 2.30. The van der Waals surface area contributed by atoms with Crippen LogP contribution in [0.1, 0.15) is 10.4 Å². The molecule has 0 aliphatic carbocycles. The minimum absolute atomic E-state index is 0.271. The average Bonchev–Trinajstić information content (AvgIpc) is 2.82. The first-order valence-electron chi connectivity index (χ1n) is 5.43. The van der Waals surface area contributed by atoms with Crippen molar-refractivity contribution in [2.75, 3.05) is 0 Å². The van der Waals surface area contributed by atoms with Crippen LogP contribution >= 0.6 is 11.3 Å². The minimum Gasteiger partial charge on any atom is -0.478 e. The van der Waals surface area contributed by atoms with Crippen molar-refractivity contribution in [2.45, 2.75) is 0 Å². The number of rotatable bonds is 2. The van der Waals surface area contributed by atoms with E-state index >= 15 is 0 Å². The summed E-state index contributed by atoms with van der Waals surface area (Å²) in [5.41, 5.74) is 2.06. The average molecular weight is 255 g/mol. The maximum absolute atomic E-state index is 10.9. The Morgan fingerprint density at radius 3 is 2.61 bits per heavy atom. The van der Waals surface area contributed by atoms with Gasteiger partial charge in [0, 0.05) is 5.56 Å². The Labute approximate surface area is 107 Å². The Kier molecular flexibility index (Phi) is 2.57. The highest BCUT2D eigenvalue weighted by atomic mass is 32.1. The van der Waals surface area contributed by atoms with Gasteiger partial charge in [-0.3, -0.25) is 0 Å². The smallest absolute Gasteiger partial charge is 0.335 e. The molecule has 3 aromatic rings. The van der Waals surface area contributed by atoms with Gasteiger partial charge < -0.3 is 5.11 Å². The molecule has 1 heterocycles. The third kappa shape index (κ3) is 1.87. The van der Waals surface area contributed by atoms with Crippen LogP contribution in [-0.2, 0) is 0 Å². The molecule has 3 nitrogen and oxygen atoms in total. The first-order valence-corrected chi connectivity index (χ1v) is 6.25. The van der Waals surface area contributed by atoms with Crippen molar-refractivity contribution in [1.29, 1.82) is 0 Å². The number of nitrogens with zero attached hydrogens (tertiary/aromatic N) is 1. The molecule has 0 fully saturated rings. The quantitative estimate of drug-likeness (QED) is 0.760. The van der Waals surface area contributed by atoms with Crippen molar-refractivity contribution in [2.24, 2.45) is 0 Å². The van der Waals surface area contributed by atoms with Gasteiger partial charge >= 0.3 is 5.97 Å². The monoisotopic (exact) mass is 255 g/mol. The lowest BCUT2D eigenvalue weighted by Gasteiger charge is -1.92. The number of aromatic nitrogens is 1. The molecule has 0 saturated heterocycles. The molecular formula is C14H9NO2S. The van der Waals surface area contributed by atoms with Crippen LogP contribution in [0.25, 0.3) is 20.8 Å². The number of aromatic carboxylic acids is 1. The molecule has 4 heteroatoms. The lowest BCUT2D eigenvalue weighted by atomic mass is 10.2. The highest BCUT2D eigenvalue weighted by Gasteiger charge is 2.09. The number of carboxylic acids is 1. The number of thiazole rings is 1. The molecule has 0 unspecified atom stereocenters. The Morgan fingerprint density at radius 2 is 1.89 bits per heavy atom. The Bertz CT molecular complexity index is 719. The van der Waals surface area contributed by atoms with E-state index in [0.717, 1.165) is 20.8 Å². The van der Waals surface area contributed by atoms with Gasteiger partial charge in [-0.1, -0.05) is 30.3 Å².